The molecular formula is C11H16N4O2S. The standard InChI is InChI=1S/C11H16N4O2S/c1-7-4-5-9-10(13-7)15(11(12)14-9)8(2)6-18(3,16)17/h4-5,8H,6H2,1-3H3,(H2,12,14). The molecule has 2 aromatic rings. The summed E-state index contributed by atoms with van der Waals surface area (Å²) in [6, 6.07) is 3.39. The highest BCUT2D eigenvalue weighted by Gasteiger charge is 2.18. The number of rotatable bonds is 3. The fourth-order valence-electron chi connectivity index (χ4n) is 2.03. The zero-order chi connectivity index (χ0) is 13.5. The Hall–Kier alpha value is -1.63. The first-order valence-corrected chi connectivity index (χ1v) is 7.63. The summed E-state index contributed by atoms with van der Waals surface area (Å²) in [5.74, 6) is 0.303. The zero-order valence-electron chi connectivity index (χ0n) is 10.6. The predicted molar refractivity (Wildman–Crippen MR) is 71.1 cm³/mol. The van der Waals surface area contributed by atoms with E-state index in [9.17, 15) is 8.42 Å². The second kappa shape index (κ2) is 4.24. The van der Waals surface area contributed by atoms with Crippen molar-refractivity contribution in [3.8, 4) is 0 Å². The molecule has 2 aromatic heterocycles. The number of aryl methyl sites for hydroxylation is 1. The minimum absolute atomic E-state index is 0.0122. The Balaban J connectivity index is 2.56. The van der Waals surface area contributed by atoms with Gasteiger partial charge in [0.05, 0.1) is 5.75 Å². The Morgan fingerprint density at radius 2 is 2.06 bits per heavy atom. The first-order chi connectivity index (χ1) is 8.28. The molecule has 0 saturated heterocycles. The monoisotopic (exact) mass is 268 g/mol. The number of aromatic nitrogens is 3. The van der Waals surface area contributed by atoms with Crippen molar-refractivity contribution in [3.63, 3.8) is 0 Å². The molecule has 0 aliphatic rings. The van der Waals surface area contributed by atoms with E-state index in [1.165, 1.54) is 6.26 Å². The van der Waals surface area contributed by atoms with E-state index in [-0.39, 0.29) is 11.8 Å². The molecule has 2 rings (SSSR count). The van der Waals surface area contributed by atoms with Crippen molar-refractivity contribution in [1.82, 2.24) is 14.5 Å². The van der Waals surface area contributed by atoms with E-state index < -0.39 is 9.84 Å². The quantitative estimate of drug-likeness (QED) is 0.894. The molecule has 2 heterocycles. The topological polar surface area (TPSA) is 90.9 Å². The van der Waals surface area contributed by atoms with Gasteiger partial charge in [0.2, 0.25) is 5.95 Å². The summed E-state index contributed by atoms with van der Waals surface area (Å²) in [6.07, 6.45) is 1.21. The minimum Gasteiger partial charge on any atom is -0.369 e. The average molecular weight is 268 g/mol. The van der Waals surface area contributed by atoms with E-state index in [0.717, 1.165) is 5.69 Å². The van der Waals surface area contributed by atoms with Crippen LogP contribution >= 0.6 is 0 Å². The summed E-state index contributed by atoms with van der Waals surface area (Å²) >= 11 is 0. The number of hydrogen-bond acceptors (Lipinski definition) is 5. The highest BCUT2D eigenvalue weighted by atomic mass is 32.2. The van der Waals surface area contributed by atoms with Crippen LogP contribution in [0.5, 0.6) is 0 Å². The number of nitrogens with two attached hydrogens (primary N) is 1. The van der Waals surface area contributed by atoms with Gasteiger partial charge in [-0.2, -0.15) is 0 Å². The number of pyridine rings is 1. The first-order valence-electron chi connectivity index (χ1n) is 5.57. The fourth-order valence-corrected chi connectivity index (χ4v) is 3.06. The molecule has 0 amide bonds. The number of hydrogen-bond donors (Lipinski definition) is 1. The molecule has 2 N–H and O–H groups in total. The summed E-state index contributed by atoms with van der Waals surface area (Å²) in [7, 11) is -3.08. The maximum Gasteiger partial charge on any atom is 0.202 e. The third-order valence-corrected chi connectivity index (χ3v) is 3.78. The van der Waals surface area contributed by atoms with E-state index in [2.05, 4.69) is 9.97 Å². The average Bonchev–Trinajstić information content (AvgIpc) is 2.50. The van der Waals surface area contributed by atoms with Gasteiger partial charge in [-0.3, -0.25) is 4.57 Å². The van der Waals surface area contributed by atoms with Crippen LogP contribution in [0.2, 0.25) is 0 Å². The maximum atomic E-state index is 11.4. The van der Waals surface area contributed by atoms with Crippen molar-refractivity contribution < 1.29 is 8.42 Å². The van der Waals surface area contributed by atoms with Crippen LogP contribution in [0.1, 0.15) is 18.7 Å². The molecule has 0 spiro atoms. The second-order valence-corrected chi connectivity index (χ2v) is 6.76. The summed E-state index contributed by atoms with van der Waals surface area (Å²) < 4.78 is 24.4. The van der Waals surface area contributed by atoms with Crippen LogP contribution in [0.4, 0.5) is 5.95 Å². The molecule has 98 valence electrons. The molecule has 0 bridgehead atoms. The number of nitrogens with zero attached hydrogens (tertiary/aromatic N) is 3. The van der Waals surface area contributed by atoms with Crippen molar-refractivity contribution in [2.24, 2.45) is 0 Å². The van der Waals surface area contributed by atoms with E-state index in [4.69, 9.17) is 5.73 Å². The molecule has 0 aliphatic carbocycles. The van der Waals surface area contributed by atoms with E-state index >= 15 is 0 Å². The fraction of sp³-hybridized carbons (Fsp3) is 0.455. The molecule has 6 nitrogen and oxygen atoms in total. The van der Waals surface area contributed by atoms with E-state index in [0.29, 0.717) is 17.1 Å². The number of anilines is 1. The Morgan fingerprint density at radius 1 is 1.39 bits per heavy atom. The molecule has 7 heteroatoms. The smallest absolute Gasteiger partial charge is 0.202 e. The van der Waals surface area contributed by atoms with Crippen LogP contribution in [-0.2, 0) is 9.84 Å². The molecule has 0 saturated carbocycles. The van der Waals surface area contributed by atoms with Gasteiger partial charge in [0.1, 0.15) is 15.4 Å². The number of nitrogen functional groups attached to an aromatic ring is 1. The van der Waals surface area contributed by atoms with Crippen molar-refractivity contribution >= 4 is 26.9 Å². The first kappa shape index (κ1) is 12.8. The van der Waals surface area contributed by atoms with Gasteiger partial charge in [0, 0.05) is 18.0 Å². The molecule has 0 aromatic carbocycles. The van der Waals surface area contributed by atoms with Crippen molar-refractivity contribution in [2.45, 2.75) is 19.9 Å². The molecule has 1 unspecified atom stereocenters. The van der Waals surface area contributed by atoms with Gasteiger partial charge < -0.3 is 5.73 Å². The SMILES string of the molecule is Cc1ccc2nc(N)n(C(C)CS(C)(=O)=O)c2n1. The molecule has 1 atom stereocenters. The van der Waals surface area contributed by atoms with Gasteiger partial charge >= 0.3 is 0 Å². The molecule has 0 radical (unpaired) electrons. The molecule has 0 aliphatic heterocycles. The van der Waals surface area contributed by atoms with Gasteiger partial charge in [-0.25, -0.2) is 18.4 Å². The zero-order valence-corrected chi connectivity index (χ0v) is 11.4. The summed E-state index contributed by atoms with van der Waals surface area (Å²) in [5, 5.41) is 0. The van der Waals surface area contributed by atoms with Crippen LogP contribution in [0.15, 0.2) is 12.1 Å². The Bertz CT molecular complexity index is 690. The van der Waals surface area contributed by atoms with Gasteiger partial charge in [-0.05, 0) is 26.0 Å². The van der Waals surface area contributed by atoms with Gasteiger partial charge in [-0.15, -0.1) is 0 Å². The number of sulfone groups is 1. The molecule has 18 heavy (non-hydrogen) atoms. The largest absolute Gasteiger partial charge is 0.369 e. The Morgan fingerprint density at radius 3 is 2.67 bits per heavy atom. The maximum absolute atomic E-state index is 11.4. The van der Waals surface area contributed by atoms with Crippen LogP contribution < -0.4 is 5.73 Å². The third kappa shape index (κ3) is 2.45. The highest BCUT2D eigenvalue weighted by molar-refractivity contribution is 7.90. The summed E-state index contributed by atoms with van der Waals surface area (Å²) in [6.45, 7) is 3.66. The summed E-state index contributed by atoms with van der Waals surface area (Å²) in [4.78, 5) is 8.56. The molecular weight excluding hydrogens is 252 g/mol. The Kier molecular flexibility index (Phi) is 3.02. The normalized spacial score (nSPS) is 13.9. The van der Waals surface area contributed by atoms with E-state index in [1.807, 2.05) is 19.1 Å². The third-order valence-electron chi connectivity index (χ3n) is 2.69. The lowest BCUT2D eigenvalue weighted by atomic mass is 10.3. The van der Waals surface area contributed by atoms with Gasteiger partial charge in [-0.1, -0.05) is 0 Å². The number of imidazole rings is 1. The lowest BCUT2D eigenvalue weighted by molar-refractivity contribution is 0.570. The van der Waals surface area contributed by atoms with Crippen LogP contribution in [0.25, 0.3) is 11.2 Å². The van der Waals surface area contributed by atoms with Gasteiger partial charge in [0.25, 0.3) is 0 Å². The van der Waals surface area contributed by atoms with Gasteiger partial charge in [0.15, 0.2) is 5.65 Å². The minimum atomic E-state index is -3.08. The van der Waals surface area contributed by atoms with Crippen LogP contribution in [-0.4, -0.2) is 35.0 Å². The van der Waals surface area contributed by atoms with Crippen molar-refractivity contribution in [3.05, 3.63) is 17.8 Å². The Labute approximate surface area is 106 Å². The predicted octanol–water partition coefficient (Wildman–Crippen LogP) is 0.928. The second-order valence-electron chi connectivity index (χ2n) is 4.58. The highest BCUT2D eigenvalue weighted by Crippen LogP contribution is 2.22. The summed E-state index contributed by atoms with van der Waals surface area (Å²) in [5.41, 5.74) is 7.99. The molecule has 0 fully saturated rings. The van der Waals surface area contributed by atoms with Crippen molar-refractivity contribution in [1.29, 1.82) is 0 Å². The van der Waals surface area contributed by atoms with E-state index in [1.54, 1.807) is 11.5 Å². The lowest BCUT2D eigenvalue weighted by Crippen LogP contribution is -2.18. The van der Waals surface area contributed by atoms with Crippen LogP contribution in [0, 0.1) is 6.92 Å². The lowest BCUT2D eigenvalue weighted by Gasteiger charge is -2.14. The van der Waals surface area contributed by atoms with Crippen LogP contribution in [0.3, 0.4) is 0 Å². The van der Waals surface area contributed by atoms with Crippen molar-refractivity contribution in [2.75, 3.05) is 17.7 Å². The number of fused-ring (bicyclic) bond motifs is 1.